The van der Waals surface area contributed by atoms with Gasteiger partial charge < -0.3 is 10.0 Å². The molecule has 1 aromatic rings. The molecule has 1 N–H and O–H groups in total. The minimum Gasteiger partial charge on any atom is -0.389 e. The number of rotatable bonds is 4. The van der Waals surface area contributed by atoms with Crippen molar-refractivity contribution in [3.8, 4) is 0 Å². The summed E-state index contributed by atoms with van der Waals surface area (Å²) in [6.45, 7) is 4.09. The van der Waals surface area contributed by atoms with Crippen LogP contribution in [0.25, 0.3) is 0 Å². The maximum atomic E-state index is 9.66. The minimum atomic E-state index is -0.425. The summed E-state index contributed by atoms with van der Waals surface area (Å²) >= 11 is 0. The number of anilines is 1. The minimum absolute atomic E-state index is 0.425. The topological polar surface area (TPSA) is 36.4 Å². The molecule has 0 saturated heterocycles. The predicted octanol–water partition coefficient (Wildman–Crippen LogP) is 3.54. The second kappa shape index (κ2) is 6.38. The van der Waals surface area contributed by atoms with Crippen molar-refractivity contribution in [3.05, 3.63) is 23.9 Å². The lowest BCUT2D eigenvalue weighted by Crippen LogP contribution is -2.35. The van der Waals surface area contributed by atoms with Crippen molar-refractivity contribution in [2.45, 2.75) is 58.1 Å². The van der Waals surface area contributed by atoms with Crippen LogP contribution < -0.4 is 4.90 Å². The molecule has 1 aliphatic rings. The zero-order valence-electron chi connectivity index (χ0n) is 12.3. The van der Waals surface area contributed by atoms with Crippen molar-refractivity contribution in [1.29, 1.82) is 0 Å². The van der Waals surface area contributed by atoms with E-state index in [2.05, 4.69) is 23.9 Å². The Kier molecular flexibility index (Phi) is 4.81. The Labute approximate surface area is 116 Å². The van der Waals surface area contributed by atoms with Gasteiger partial charge in [-0.15, -0.1) is 0 Å². The molecule has 3 heteroatoms. The molecule has 1 aromatic heterocycles. The van der Waals surface area contributed by atoms with Crippen molar-refractivity contribution in [1.82, 2.24) is 4.98 Å². The number of nitrogens with zero attached hydrogens (tertiary/aromatic N) is 2. The van der Waals surface area contributed by atoms with Crippen LogP contribution in [0.15, 0.2) is 18.3 Å². The van der Waals surface area contributed by atoms with Gasteiger partial charge in [0.05, 0.1) is 6.10 Å². The third-order valence-corrected chi connectivity index (χ3v) is 4.55. The largest absolute Gasteiger partial charge is 0.389 e. The molecule has 0 amide bonds. The highest BCUT2D eigenvalue weighted by atomic mass is 16.3. The van der Waals surface area contributed by atoms with Crippen LogP contribution in [0, 0.1) is 5.92 Å². The zero-order valence-corrected chi connectivity index (χ0v) is 12.3. The predicted molar refractivity (Wildman–Crippen MR) is 79.3 cm³/mol. The van der Waals surface area contributed by atoms with Crippen molar-refractivity contribution in [2.75, 3.05) is 11.9 Å². The molecule has 19 heavy (non-hydrogen) atoms. The van der Waals surface area contributed by atoms with Crippen LogP contribution in [-0.2, 0) is 0 Å². The van der Waals surface area contributed by atoms with Gasteiger partial charge in [0.15, 0.2) is 0 Å². The number of aromatic nitrogens is 1. The monoisotopic (exact) mass is 262 g/mol. The summed E-state index contributed by atoms with van der Waals surface area (Å²) in [5.41, 5.74) is 0.944. The molecule has 0 aliphatic heterocycles. The van der Waals surface area contributed by atoms with E-state index in [1.807, 2.05) is 12.1 Å². The summed E-state index contributed by atoms with van der Waals surface area (Å²) in [7, 11) is 2.13. The molecule has 0 radical (unpaired) electrons. The van der Waals surface area contributed by atoms with Gasteiger partial charge in [-0.3, -0.25) is 0 Å². The second-order valence-electron chi connectivity index (χ2n) is 5.82. The quantitative estimate of drug-likeness (QED) is 0.901. The first-order chi connectivity index (χ1) is 9.11. The molecule has 2 rings (SSSR count). The average Bonchev–Trinajstić information content (AvgIpc) is 2.46. The van der Waals surface area contributed by atoms with E-state index in [1.54, 1.807) is 13.1 Å². The maximum absolute atomic E-state index is 9.66. The van der Waals surface area contributed by atoms with Crippen LogP contribution in [-0.4, -0.2) is 23.2 Å². The Bertz CT molecular complexity index is 397. The fraction of sp³-hybridized carbons (Fsp3) is 0.688. The van der Waals surface area contributed by atoms with Crippen LogP contribution in [0.5, 0.6) is 0 Å². The van der Waals surface area contributed by atoms with Gasteiger partial charge in [0.25, 0.3) is 0 Å². The van der Waals surface area contributed by atoms with Crippen molar-refractivity contribution in [3.63, 3.8) is 0 Å². The molecule has 0 spiro atoms. The van der Waals surface area contributed by atoms with E-state index in [4.69, 9.17) is 0 Å². The van der Waals surface area contributed by atoms with Crippen LogP contribution >= 0.6 is 0 Å². The summed E-state index contributed by atoms with van der Waals surface area (Å²) in [5.74, 6) is 1.90. The SMILES string of the molecule is CCC1CCC(N(C)c2cc([C@@H](C)O)ccn2)CC1. The Morgan fingerprint density at radius 3 is 2.63 bits per heavy atom. The standard InChI is InChI=1S/C16H26N2O/c1-4-13-5-7-15(8-6-13)18(3)16-11-14(12(2)19)9-10-17-16/h9-13,15,19H,4-8H2,1-3H3/t12-,13?,15?/m1/s1. The lowest BCUT2D eigenvalue weighted by molar-refractivity contribution is 0.199. The molecule has 3 nitrogen and oxygen atoms in total. The Morgan fingerprint density at radius 2 is 2.05 bits per heavy atom. The maximum Gasteiger partial charge on any atom is 0.128 e. The fourth-order valence-electron chi connectivity index (χ4n) is 3.01. The van der Waals surface area contributed by atoms with E-state index in [0.29, 0.717) is 6.04 Å². The number of hydrogen-bond donors (Lipinski definition) is 1. The van der Waals surface area contributed by atoms with E-state index in [9.17, 15) is 5.11 Å². The van der Waals surface area contributed by atoms with Gasteiger partial charge in [-0.05, 0) is 56.2 Å². The Morgan fingerprint density at radius 1 is 1.37 bits per heavy atom. The number of pyridine rings is 1. The number of aliphatic hydroxyl groups excluding tert-OH is 1. The normalized spacial score (nSPS) is 25.1. The molecule has 0 bridgehead atoms. The molecule has 1 heterocycles. The zero-order chi connectivity index (χ0) is 13.8. The molecule has 106 valence electrons. The highest BCUT2D eigenvalue weighted by Crippen LogP contribution is 2.31. The second-order valence-corrected chi connectivity index (χ2v) is 5.82. The van der Waals surface area contributed by atoms with E-state index in [1.165, 1.54) is 32.1 Å². The molecular weight excluding hydrogens is 236 g/mol. The Hall–Kier alpha value is -1.09. The van der Waals surface area contributed by atoms with Gasteiger partial charge >= 0.3 is 0 Å². The number of aliphatic hydroxyl groups is 1. The number of hydrogen-bond acceptors (Lipinski definition) is 3. The smallest absolute Gasteiger partial charge is 0.128 e. The summed E-state index contributed by atoms with van der Waals surface area (Å²) in [4.78, 5) is 6.74. The highest BCUT2D eigenvalue weighted by molar-refractivity contribution is 5.41. The van der Waals surface area contributed by atoms with Gasteiger partial charge in [-0.2, -0.15) is 0 Å². The van der Waals surface area contributed by atoms with Gasteiger partial charge in [-0.25, -0.2) is 4.98 Å². The molecule has 1 fully saturated rings. The third kappa shape index (κ3) is 3.47. The molecule has 0 aromatic carbocycles. The molecule has 1 aliphatic carbocycles. The molecule has 1 saturated carbocycles. The van der Waals surface area contributed by atoms with E-state index in [0.717, 1.165) is 17.3 Å². The van der Waals surface area contributed by atoms with Crippen molar-refractivity contribution in [2.24, 2.45) is 5.92 Å². The molecular formula is C16H26N2O. The lowest BCUT2D eigenvalue weighted by Gasteiger charge is -2.35. The Balaban J connectivity index is 2.03. The van der Waals surface area contributed by atoms with Crippen LogP contribution in [0.4, 0.5) is 5.82 Å². The summed E-state index contributed by atoms with van der Waals surface area (Å²) in [5, 5.41) is 9.66. The van der Waals surface area contributed by atoms with Gasteiger partial charge in [0.2, 0.25) is 0 Å². The van der Waals surface area contributed by atoms with Gasteiger partial charge in [0, 0.05) is 19.3 Å². The van der Waals surface area contributed by atoms with Crippen LogP contribution in [0.1, 0.15) is 57.6 Å². The average molecular weight is 262 g/mol. The van der Waals surface area contributed by atoms with Crippen molar-refractivity contribution < 1.29 is 5.11 Å². The summed E-state index contributed by atoms with van der Waals surface area (Å²) in [6.07, 6.45) is 7.87. The first kappa shape index (κ1) is 14.3. The van der Waals surface area contributed by atoms with Gasteiger partial charge in [-0.1, -0.05) is 13.3 Å². The lowest BCUT2D eigenvalue weighted by atomic mass is 9.84. The van der Waals surface area contributed by atoms with Crippen LogP contribution in [0.2, 0.25) is 0 Å². The third-order valence-electron chi connectivity index (χ3n) is 4.55. The summed E-state index contributed by atoms with van der Waals surface area (Å²) in [6, 6.07) is 4.49. The van der Waals surface area contributed by atoms with E-state index in [-0.39, 0.29) is 0 Å². The highest BCUT2D eigenvalue weighted by Gasteiger charge is 2.23. The van der Waals surface area contributed by atoms with Crippen LogP contribution in [0.3, 0.4) is 0 Å². The van der Waals surface area contributed by atoms with E-state index < -0.39 is 6.10 Å². The van der Waals surface area contributed by atoms with Crippen molar-refractivity contribution >= 4 is 5.82 Å². The van der Waals surface area contributed by atoms with Gasteiger partial charge in [0.1, 0.15) is 5.82 Å². The summed E-state index contributed by atoms with van der Waals surface area (Å²) < 4.78 is 0. The fourth-order valence-corrected chi connectivity index (χ4v) is 3.01. The molecule has 1 atom stereocenters. The first-order valence-corrected chi connectivity index (χ1v) is 7.48. The van der Waals surface area contributed by atoms with E-state index >= 15 is 0 Å². The molecule has 0 unspecified atom stereocenters. The first-order valence-electron chi connectivity index (χ1n) is 7.48.